The van der Waals surface area contributed by atoms with Gasteiger partial charge in [0, 0.05) is 12.1 Å². The monoisotopic (exact) mass is 371 g/mol. The Morgan fingerprint density at radius 1 is 1.26 bits per heavy atom. The van der Waals surface area contributed by atoms with Crippen LogP contribution < -0.4 is 4.74 Å². The minimum absolute atomic E-state index is 0.00273. The van der Waals surface area contributed by atoms with E-state index in [0.29, 0.717) is 0 Å². The number of carbonyl (C=O) groups excluding carboxylic acids is 2. The molecule has 8 heteroatoms. The smallest absolute Gasteiger partial charge is 0.338 e. The van der Waals surface area contributed by atoms with Crippen LogP contribution in [0.3, 0.4) is 0 Å². The van der Waals surface area contributed by atoms with Crippen LogP contribution in [0.2, 0.25) is 0 Å². The van der Waals surface area contributed by atoms with Gasteiger partial charge in [-0.2, -0.15) is 0 Å². The molecule has 27 heavy (non-hydrogen) atoms. The molecular weight excluding hydrogens is 354 g/mol. The number of phenolic OH excluding ortho intramolecular Hbond substituents is 1. The van der Waals surface area contributed by atoms with E-state index in [4.69, 9.17) is 9.47 Å². The molecule has 0 atom stereocenters. The number of benzene rings is 2. The van der Waals surface area contributed by atoms with E-state index in [1.807, 2.05) is 0 Å². The summed E-state index contributed by atoms with van der Waals surface area (Å²) in [6, 6.07) is 8.04. The normalized spacial score (nSPS) is 10.1. The van der Waals surface area contributed by atoms with Crippen LogP contribution in [0.5, 0.6) is 11.5 Å². The molecule has 140 valence electrons. The number of phenols is 1. The summed E-state index contributed by atoms with van der Waals surface area (Å²) in [5.41, 5.74) is 0.120. The second kappa shape index (κ2) is 8.61. The van der Waals surface area contributed by atoms with Gasteiger partial charge in [-0.05, 0) is 31.2 Å². The number of hydrogen-bond donors (Lipinski definition) is 1. The Morgan fingerprint density at radius 3 is 2.59 bits per heavy atom. The van der Waals surface area contributed by atoms with Gasteiger partial charge in [0.2, 0.25) is 0 Å². The van der Waals surface area contributed by atoms with Gasteiger partial charge in [-0.3, -0.25) is 14.9 Å². The summed E-state index contributed by atoms with van der Waals surface area (Å²) in [4.78, 5) is 33.8. The highest BCUT2D eigenvalue weighted by Gasteiger charge is 2.19. The number of Topliss-reactive ketones (excluding diaryl/α,β-unsaturated/α-hetero) is 1. The minimum atomic E-state index is -0.699. The molecule has 0 saturated heterocycles. The van der Waals surface area contributed by atoms with Gasteiger partial charge >= 0.3 is 5.97 Å². The number of nitro groups is 1. The first-order chi connectivity index (χ1) is 12.8. The number of hydrogen-bond acceptors (Lipinski definition) is 7. The zero-order chi connectivity index (χ0) is 20.0. The molecule has 1 N–H and O–H groups in total. The Bertz CT molecular complexity index is 905. The summed E-state index contributed by atoms with van der Waals surface area (Å²) in [5, 5.41) is 21.1. The molecule has 2 aromatic rings. The van der Waals surface area contributed by atoms with Gasteiger partial charge in [0.05, 0.1) is 21.6 Å². The van der Waals surface area contributed by atoms with Crippen LogP contribution in [0.15, 0.2) is 49.1 Å². The predicted octanol–water partition coefficient (Wildman–Crippen LogP) is 3.42. The summed E-state index contributed by atoms with van der Waals surface area (Å²) in [6.07, 6.45) is 1.39. The predicted molar refractivity (Wildman–Crippen MR) is 96.0 cm³/mol. The molecule has 0 saturated carbocycles. The number of nitrogens with zero attached hydrogens (tertiary/aromatic N) is 1. The van der Waals surface area contributed by atoms with Crippen LogP contribution in [0.25, 0.3) is 0 Å². The number of aromatic hydroxyl groups is 1. The first-order valence-electron chi connectivity index (χ1n) is 7.85. The zero-order valence-corrected chi connectivity index (χ0v) is 14.5. The first kappa shape index (κ1) is 19.6. The number of esters is 1. The Morgan fingerprint density at radius 2 is 2.00 bits per heavy atom. The molecule has 0 amide bonds. The van der Waals surface area contributed by atoms with Gasteiger partial charge in [0.15, 0.2) is 5.78 Å². The van der Waals surface area contributed by atoms with Crippen molar-refractivity contribution < 1.29 is 29.1 Å². The maximum Gasteiger partial charge on any atom is 0.338 e. The summed E-state index contributed by atoms with van der Waals surface area (Å²) >= 11 is 0. The van der Waals surface area contributed by atoms with E-state index in [-0.39, 0.29) is 52.9 Å². The topological polar surface area (TPSA) is 116 Å². The Kier molecular flexibility index (Phi) is 6.27. The second-order valence-electron chi connectivity index (χ2n) is 5.51. The lowest BCUT2D eigenvalue weighted by molar-refractivity contribution is -0.385. The van der Waals surface area contributed by atoms with Crippen LogP contribution in [0.1, 0.15) is 33.2 Å². The standard InChI is InChI=1S/C19H17NO7/c1-3-8-26-19(23)13-4-5-14(17(9-13)20(24)25)11-27-15-6-7-16(12(2)21)18(22)10-15/h3-7,9-10,22H,1,8,11H2,2H3. The van der Waals surface area contributed by atoms with E-state index in [0.717, 1.165) is 6.07 Å². The number of rotatable bonds is 8. The lowest BCUT2D eigenvalue weighted by atomic mass is 10.1. The van der Waals surface area contributed by atoms with Gasteiger partial charge in [-0.15, -0.1) is 0 Å². The molecule has 2 aromatic carbocycles. The van der Waals surface area contributed by atoms with E-state index in [9.17, 15) is 24.8 Å². The van der Waals surface area contributed by atoms with Crippen LogP contribution in [-0.4, -0.2) is 28.4 Å². The molecular formula is C19H17NO7. The van der Waals surface area contributed by atoms with Crippen LogP contribution in [0.4, 0.5) is 5.69 Å². The fraction of sp³-hybridized carbons (Fsp3) is 0.158. The molecule has 0 radical (unpaired) electrons. The second-order valence-corrected chi connectivity index (χ2v) is 5.51. The van der Waals surface area contributed by atoms with Crippen molar-refractivity contribution in [3.63, 3.8) is 0 Å². The van der Waals surface area contributed by atoms with E-state index >= 15 is 0 Å². The summed E-state index contributed by atoms with van der Waals surface area (Å²) in [6.45, 7) is 4.57. The minimum Gasteiger partial charge on any atom is -0.507 e. The van der Waals surface area contributed by atoms with Gasteiger partial charge in [0.25, 0.3) is 5.69 Å². The quantitative estimate of drug-likeness (QED) is 0.248. The third-order valence-corrected chi connectivity index (χ3v) is 3.59. The number of ether oxygens (including phenoxy) is 2. The van der Waals surface area contributed by atoms with Crippen molar-refractivity contribution in [2.75, 3.05) is 6.61 Å². The van der Waals surface area contributed by atoms with Crippen LogP contribution in [-0.2, 0) is 11.3 Å². The highest BCUT2D eigenvalue weighted by atomic mass is 16.6. The average Bonchev–Trinajstić information content (AvgIpc) is 2.63. The number of ketones is 1. The molecule has 0 aromatic heterocycles. The Hall–Kier alpha value is -3.68. The van der Waals surface area contributed by atoms with E-state index in [1.165, 1.54) is 43.3 Å². The van der Waals surface area contributed by atoms with Crippen molar-refractivity contribution in [1.82, 2.24) is 0 Å². The highest BCUT2D eigenvalue weighted by Crippen LogP contribution is 2.27. The Labute approximate surface area is 154 Å². The van der Waals surface area contributed by atoms with Gasteiger partial charge in [-0.1, -0.05) is 12.7 Å². The van der Waals surface area contributed by atoms with Gasteiger partial charge in [-0.25, -0.2) is 4.79 Å². The highest BCUT2D eigenvalue weighted by molar-refractivity contribution is 5.96. The van der Waals surface area contributed by atoms with Crippen molar-refractivity contribution in [2.45, 2.75) is 13.5 Å². The van der Waals surface area contributed by atoms with Crippen molar-refractivity contribution in [3.8, 4) is 11.5 Å². The molecule has 0 unspecified atom stereocenters. The first-order valence-corrected chi connectivity index (χ1v) is 7.85. The van der Waals surface area contributed by atoms with Crippen molar-refractivity contribution >= 4 is 17.4 Å². The maximum atomic E-state index is 11.8. The van der Waals surface area contributed by atoms with Crippen molar-refractivity contribution in [2.24, 2.45) is 0 Å². The molecule has 0 heterocycles. The largest absolute Gasteiger partial charge is 0.507 e. The molecule has 8 nitrogen and oxygen atoms in total. The SMILES string of the molecule is C=CCOC(=O)c1ccc(COc2ccc(C(C)=O)c(O)c2)c([N+](=O)[O-])c1. The molecule has 0 aliphatic carbocycles. The lowest BCUT2D eigenvalue weighted by Gasteiger charge is -2.09. The van der Waals surface area contributed by atoms with Gasteiger partial charge in [0.1, 0.15) is 24.7 Å². The van der Waals surface area contributed by atoms with Gasteiger partial charge < -0.3 is 14.6 Å². The fourth-order valence-corrected chi connectivity index (χ4v) is 2.26. The summed E-state index contributed by atoms with van der Waals surface area (Å²) < 4.78 is 10.3. The zero-order valence-electron chi connectivity index (χ0n) is 14.5. The van der Waals surface area contributed by atoms with E-state index in [1.54, 1.807) is 0 Å². The molecule has 0 spiro atoms. The number of carbonyl (C=O) groups is 2. The van der Waals surface area contributed by atoms with Crippen LogP contribution >= 0.6 is 0 Å². The van der Waals surface area contributed by atoms with E-state index in [2.05, 4.69) is 6.58 Å². The third kappa shape index (κ3) is 4.91. The average molecular weight is 371 g/mol. The molecule has 0 fully saturated rings. The van der Waals surface area contributed by atoms with Crippen LogP contribution in [0, 0.1) is 10.1 Å². The molecule has 0 aliphatic heterocycles. The van der Waals surface area contributed by atoms with E-state index < -0.39 is 10.9 Å². The maximum absolute atomic E-state index is 11.8. The summed E-state index contributed by atoms with van der Waals surface area (Å²) in [7, 11) is 0. The molecule has 0 bridgehead atoms. The van der Waals surface area contributed by atoms with Crippen molar-refractivity contribution in [3.05, 3.63) is 75.9 Å². The third-order valence-electron chi connectivity index (χ3n) is 3.59. The van der Waals surface area contributed by atoms with Crippen molar-refractivity contribution in [1.29, 1.82) is 0 Å². The fourth-order valence-electron chi connectivity index (χ4n) is 2.26. The Balaban J connectivity index is 2.19. The summed E-state index contributed by atoms with van der Waals surface area (Å²) in [5.74, 6) is -1.00. The number of nitro benzene ring substituents is 1. The lowest BCUT2D eigenvalue weighted by Crippen LogP contribution is -2.07. The molecule has 2 rings (SSSR count). The molecule has 0 aliphatic rings.